The van der Waals surface area contributed by atoms with Gasteiger partial charge in [0.15, 0.2) is 6.61 Å². The molecule has 26 heavy (non-hydrogen) atoms. The highest BCUT2D eigenvalue weighted by atomic mass is 32.1. The predicted molar refractivity (Wildman–Crippen MR) is 101 cm³/mol. The summed E-state index contributed by atoms with van der Waals surface area (Å²) in [6, 6.07) is 18.9. The second-order valence-corrected chi connectivity index (χ2v) is 6.15. The summed E-state index contributed by atoms with van der Waals surface area (Å²) in [5, 5.41) is 20.8. The van der Waals surface area contributed by atoms with Crippen LogP contribution in [-0.2, 0) is 4.79 Å². The van der Waals surface area contributed by atoms with Gasteiger partial charge >= 0.3 is 5.97 Å². The minimum Gasteiger partial charge on any atom is -0.481 e. The van der Waals surface area contributed by atoms with Gasteiger partial charge in [-0.2, -0.15) is 5.26 Å². The van der Waals surface area contributed by atoms with E-state index in [9.17, 15) is 10.1 Å². The molecule has 0 unspecified atom stereocenters. The standard InChI is InChI=1S/C20H14N2O3S/c21-11-16(10-15-8-4-5-9-18(15)25-12-19(23)24)20-22-17(13-26-20)14-6-2-1-3-7-14/h1-10,13H,12H2,(H,23,24)/b16-10+. The van der Waals surface area contributed by atoms with E-state index >= 15 is 0 Å². The maximum atomic E-state index is 10.7. The number of ether oxygens (including phenoxy) is 1. The van der Waals surface area contributed by atoms with Gasteiger partial charge in [0.1, 0.15) is 16.8 Å². The molecule has 0 bridgehead atoms. The number of hydrogen-bond donors (Lipinski definition) is 1. The topological polar surface area (TPSA) is 83.2 Å². The molecule has 5 nitrogen and oxygen atoms in total. The molecule has 1 aromatic heterocycles. The molecule has 0 saturated carbocycles. The van der Waals surface area contributed by atoms with Gasteiger partial charge < -0.3 is 9.84 Å². The molecule has 0 saturated heterocycles. The Morgan fingerprint density at radius 2 is 1.92 bits per heavy atom. The number of carboxylic acids is 1. The molecule has 3 aromatic rings. The molecule has 0 atom stereocenters. The van der Waals surface area contributed by atoms with E-state index < -0.39 is 12.6 Å². The van der Waals surface area contributed by atoms with E-state index in [4.69, 9.17) is 9.84 Å². The highest BCUT2D eigenvalue weighted by Crippen LogP contribution is 2.29. The van der Waals surface area contributed by atoms with Gasteiger partial charge in [0, 0.05) is 16.5 Å². The Morgan fingerprint density at radius 1 is 1.19 bits per heavy atom. The van der Waals surface area contributed by atoms with Gasteiger partial charge in [-0.05, 0) is 12.1 Å². The van der Waals surface area contributed by atoms with Crippen LogP contribution in [0.2, 0.25) is 0 Å². The van der Waals surface area contributed by atoms with Crippen LogP contribution in [-0.4, -0.2) is 22.7 Å². The summed E-state index contributed by atoms with van der Waals surface area (Å²) in [6.07, 6.45) is 1.66. The molecule has 1 N–H and O–H groups in total. The molecule has 3 rings (SSSR count). The number of nitrogens with zero attached hydrogens (tertiary/aromatic N) is 2. The number of benzene rings is 2. The minimum atomic E-state index is -1.06. The third kappa shape index (κ3) is 4.15. The van der Waals surface area contributed by atoms with Crippen molar-refractivity contribution in [2.75, 3.05) is 6.61 Å². The van der Waals surface area contributed by atoms with Gasteiger partial charge in [-0.1, -0.05) is 48.5 Å². The van der Waals surface area contributed by atoms with E-state index in [0.29, 0.717) is 21.9 Å². The fourth-order valence-electron chi connectivity index (χ4n) is 2.31. The van der Waals surface area contributed by atoms with Crippen LogP contribution in [0.25, 0.3) is 22.9 Å². The van der Waals surface area contributed by atoms with Gasteiger partial charge in [0.25, 0.3) is 0 Å². The molecule has 128 valence electrons. The van der Waals surface area contributed by atoms with E-state index in [1.54, 1.807) is 30.3 Å². The zero-order valence-electron chi connectivity index (χ0n) is 13.6. The molecule has 0 fully saturated rings. The van der Waals surface area contributed by atoms with Crippen LogP contribution in [0.15, 0.2) is 60.0 Å². The smallest absolute Gasteiger partial charge is 0.341 e. The number of carboxylic acid groups (broad SMARTS) is 1. The summed E-state index contributed by atoms with van der Waals surface area (Å²) < 4.78 is 5.28. The van der Waals surface area contributed by atoms with Gasteiger partial charge in [-0.3, -0.25) is 0 Å². The average Bonchev–Trinajstić information content (AvgIpc) is 3.16. The third-order valence-corrected chi connectivity index (χ3v) is 4.37. The Morgan fingerprint density at radius 3 is 2.65 bits per heavy atom. The quantitative estimate of drug-likeness (QED) is 0.660. The second-order valence-electron chi connectivity index (χ2n) is 5.29. The number of nitriles is 1. The monoisotopic (exact) mass is 362 g/mol. The first kappa shape index (κ1) is 17.4. The molecular formula is C20H14N2O3S. The lowest BCUT2D eigenvalue weighted by Crippen LogP contribution is -2.09. The number of allylic oxidation sites excluding steroid dienone is 1. The zero-order chi connectivity index (χ0) is 18.4. The van der Waals surface area contributed by atoms with Crippen LogP contribution in [0.5, 0.6) is 5.75 Å². The molecule has 0 aliphatic heterocycles. The predicted octanol–water partition coefficient (Wildman–Crippen LogP) is 4.34. The lowest BCUT2D eigenvalue weighted by atomic mass is 10.1. The fourth-order valence-corrected chi connectivity index (χ4v) is 3.10. The lowest BCUT2D eigenvalue weighted by Gasteiger charge is -2.07. The van der Waals surface area contributed by atoms with E-state index in [2.05, 4.69) is 11.1 Å². The van der Waals surface area contributed by atoms with Gasteiger partial charge in [-0.25, -0.2) is 9.78 Å². The van der Waals surface area contributed by atoms with Crippen LogP contribution in [0.3, 0.4) is 0 Å². The number of thiazole rings is 1. The van der Waals surface area contributed by atoms with Crippen LogP contribution in [0.4, 0.5) is 0 Å². The number of rotatable bonds is 6. The minimum absolute atomic E-state index is 0.392. The second kappa shape index (κ2) is 8.10. The molecule has 0 aliphatic rings. The van der Waals surface area contributed by atoms with Crippen molar-refractivity contribution in [2.45, 2.75) is 0 Å². The van der Waals surface area contributed by atoms with Crippen molar-refractivity contribution in [1.82, 2.24) is 4.98 Å². The van der Waals surface area contributed by atoms with Gasteiger partial charge in [-0.15, -0.1) is 11.3 Å². The van der Waals surface area contributed by atoms with Crippen molar-refractivity contribution < 1.29 is 14.6 Å². The van der Waals surface area contributed by atoms with Crippen LogP contribution in [0.1, 0.15) is 10.6 Å². The molecule has 2 aromatic carbocycles. The van der Waals surface area contributed by atoms with E-state index in [1.165, 1.54) is 11.3 Å². The molecule has 1 heterocycles. The Bertz CT molecular complexity index is 988. The Hall–Kier alpha value is -3.43. The number of hydrogen-bond acceptors (Lipinski definition) is 5. The first-order valence-electron chi connectivity index (χ1n) is 7.74. The van der Waals surface area contributed by atoms with Crippen molar-refractivity contribution in [1.29, 1.82) is 5.26 Å². The van der Waals surface area contributed by atoms with Crippen molar-refractivity contribution >= 4 is 29.0 Å². The summed E-state index contributed by atoms with van der Waals surface area (Å²) in [7, 11) is 0. The van der Waals surface area contributed by atoms with Crippen molar-refractivity contribution in [3.8, 4) is 23.1 Å². The van der Waals surface area contributed by atoms with Crippen molar-refractivity contribution in [2.24, 2.45) is 0 Å². The number of para-hydroxylation sites is 1. The third-order valence-electron chi connectivity index (χ3n) is 3.49. The van der Waals surface area contributed by atoms with Crippen molar-refractivity contribution in [3.63, 3.8) is 0 Å². The maximum Gasteiger partial charge on any atom is 0.341 e. The summed E-state index contributed by atoms with van der Waals surface area (Å²) in [5.41, 5.74) is 2.81. The normalized spacial score (nSPS) is 11.0. The van der Waals surface area contributed by atoms with E-state index in [1.807, 2.05) is 35.7 Å². The highest BCUT2D eigenvalue weighted by molar-refractivity contribution is 7.11. The van der Waals surface area contributed by atoms with E-state index in [0.717, 1.165) is 11.3 Å². The van der Waals surface area contributed by atoms with E-state index in [-0.39, 0.29) is 0 Å². The maximum absolute atomic E-state index is 10.7. The SMILES string of the molecule is N#C/C(=C\c1ccccc1OCC(=O)O)c1nc(-c2ccccc2)cs1. The Kier molecular flexibility index (Phi) is 5.42. The molecule has 0 radical (unpaired) electrons. The zero-order valence-corrected chi connectivity index (χ0v) is 14.4. The molecule has 0 amide bonds. The first-order chi connectivity index (χ1) is 12.7. The first-order valence-corrected chi connectivity index (χ1v) is 8.62. The number of aliphatic carboxylic acids is 1. The van der Waals surface area contributed by atoms with Crippen LogP contribution in [0, 0.1) is 11.3 Å². The number of carbonyl (C=O) groups is 1. The number of aromatic nitrogens is 1. The highest BCUT2D eigenvalue weighted by Gasteiger charge is 2.11. The van der Waals surface area contributed by atoms with Crippen LogP contribution >= 0.6 is 11.3 Å². The average molecular weight is 362 g/mol. The molecule has 0 spiro atoms. The summed E-state index contributed by atoms with van der Waals surface area (Å²) in [4.78, 5) is 15.3. The molecule has 0 aliphatic carbocycles. The summed E-state index contributed by atoms with van der Waals surface area (Å²) >= 11 is 1.38. The van der Waals surface area contributed by atoms with Crippen molar-refractivity contribution in [3.05, 3.63) is 70.5 Å². The summed E-state index contributed by atoms with van der Waals surface area (Å²) in [6.45, 7) is -0.442. The van der Waals surface area contributed by atoms with Gasteiger partial charge in [0.05, 0.1) is 11.3 Å². The summed E-state index contributed by atoms with van der Waals surface area (Å²) in [5.74, 6) is -0.654. The largest absolute Gasteiger partial charge is 0.481 e. The van der Waals surface area contributed by atoms with Crippen LogP contribution < -0.4 is 4.74 Å². The lowest BCUT2D eigenvalue weighted by molar-refractivity contribution is -0.139. The fraction of sp³-hybridized carbons (Fsp3) is 0.0500. The van der Waals surface area contributed by atoms with Gasteiger partial charge in [0.2, 0.25) is 0 Å². The molecular weight excluding hydrogens is 348 g/mol. The Balaban J connectivity index is 1.92. The molecule has 6 heteroatoms. The Labute approximate surface area is 154 Å².